The van der Waals surface area contributed by atoms with Gasteiger partial charge in [-0.3, -0.25) is 4.79 Å². The molecule has 0 aliphatic rings. The number of pyridine rings is 1. The maximum Gasteiger partial charge on any atom is 0.344 e. The molecule has 2 aromatic rings. The second kappa shape index (κ2) is 4.83. The highest BCUT2D eigenvalue weighted by atomic mass is 19.1. The summed E-state index contributed by atoms with van der Waals surface area (Å²) in [5, 5.41) is 0. The topological polar surface area (TPSA) is 59.2 Å². The molecule has 1 N–H and O–H groups in total. The summed E-state index contributed by atoms with van der Waals surface area (Å²) in [7, 11) is 1.20. The minimum absolute atomic E-state index is 0.0911. The van der Waals surface area contributed by atoms with Crippen molar-refractivity contribution in [2.45, 2.75) is 0 Å². The first kappa shape index (κ1) is 12.0. The summed E-state index contributed by atoms with van der Waals surface area (Å²) in [6, 6.07) is 7.09. The van der Waals surface area contributed by atoms with E-state index in [0.29, 0.717) is 11.1 Å². The highest BCUT2D eigenvalue weighted by molar-refractivity contribution is 5.96. The zero-order valence-corrected chi connectivity index (χ0v) is 9.57. The van der Waals surface area contributed by atoms with Crippen molar-refractivity contribution in [3.05, 3.63) is 58.3 Å². The van der Waals surface area contributed by atoms with Gasteiger partial charge in [0.05, 0.1) is 7.11 Å². The van der Waals surface area contributed by atoms with Gasteiger partial charge in [0.25, 0.3) is 5.56 Å². The van der Waals surface area contributed by atoms with Gasteiger partial charge >= 0.3 is 5.97 Å². The van der Waals surface area contributed by atoms with E-state index in [-0.39, 0.29) is 11.4 Å². The summed E-state index contributed by atoms with van der Waals surface area (Å²) in [5.41, 5.74) is 0.351. The SMILES string of the molecule is COC(=O)c1c(-c2ccc(F)cc2)cc[nH]c1=O. The van der Waals surface area contributed by atoms with Crippen molar-refractivity contribution in [2.75, 3.05) is 7.11 Å². The van der Waals surface area contributed by atoms with Crippen molar-refractivity contribution in [2.24, 2.45) is 0 Å². The Labute approximate surface area is 102 Å². The molecule has 1 aromatic carbocycles. The van der Waals surface area contributed by atoms with Gasteiger partial charge in [-0.15, -0.1) is 0 Å². The zero-order chi connectivity index (χ0) is 13.1. The highest BCUT2D eigenvalue weighted by Gasteiger charge is 2.17. The normalized spacial score (nSPS) is 10.1. The molecule has 0 saturated carbocycles. The summed E-state index contributed by atoms with van der Waals surface area (Å²) in [4.78, 5) is 25.6. The van der Waals surface area contributed by atoms with E-state index >= 15 is 0 Å². The van der Waals surface area contributed by atoms with Gasteiger partial charge in [0, 0.05) is 11.8 Å². The van der Waals surface area contributed by atoms with Crippen LogP contribution in [0.5, 0.6) is 0 Å². The molecule has 2 rings (SSSR count). The molecule has 0 fully saturated rings. The van der Waals surface area contributed by atoms with E-state index in [1.807, 2.05) is 0 Å². The first-order valence-corrected chi connectivity index (χ1v) is 5.19. The third-order valence-corrected chi connectivity index (χ3v) is 2.51. The molecule has 0 saturated heterocycles. The lowest BCUT2D eigenvalue weighted by Gasteiger charge is -2.06. The number of halogens is 1. The molecule has 0 radical (unpaired) electrons. The van der Waals surface area contributed by atoms with Gasteiger partial charge in [-0.25, -0.2) is 9.18 Å². The molecular weight excluding hydrogens is 237 g/mol. The molecule has 0 unspecified atom stereocenters. The molecular formula is C13H10FNO3. The third kappa shape index (κ3) is 2.15. The maximum absolute atomic E-state index is 12.8. The Balaban J connectivity index is 2.64. The number of hydrogen-bond acceptors (Lipinski definition) is 3. The molecule has 92 valence electrons. The van der Waals surface area contributed by atoms with Gasteiger partial charge in [-0.2, -0.15) is 0 Å². The van der Waals surface area contributed by atoms with Crippen LogP contribution in [0.15, 0.2) is 41.3 Å². The number of methoxy groups -OCH3 is 1. The number of nitrogens with one attached hydrogen (secondary N) is 1. The molecule has 0 aliphatic heterocycles. The molecule has 5 heteroatoms. The monoisotopic (exact) mass is 247 g/mol. The van der Waals surface area contributed by atoms with Crippen LogP contribution in [-0.4, -0.2) is 18.1 Å². The van der Waals surface area contributed by atoms with Crippen molar-refractivity contribution in [3.63, 3.8) is 0 Å². The van der Waals surface area contributed by atoms with Crippen molar-refractivity contribution >= 4 is 5.97 Å². The Morgan fingerprint density at radius 1 is 1.22 bits per heavy atom. The fraction of sp³-hybridized carbons (Fsp3) is 0.0769. The van der Waals surface area contributed by atoms with Crippen molar-refractivity contribution in [3.8, 4) is 11.1 Å². The molecule has 18 heavy (non-hydrogen) atoms. The standard InChI is InChI=1S/C13H10FNO3/c1-18-13(17)11-10(6-7-15-12(11)16)8-2-4-9(14)5-3-8/h2-7H,1H3,(H,15,16). The second-order valence-electron chi connectivity index (χ2n) is 3.59. The average Bonchev–Trinajstić information content (AvgIpc) is 2.38. The number of hydrogen-bond donors (Lipinski definition) is 1. The number of carbonyl (C=O) groups excluding carboxylic acids is 1. The first-order chi connectivity index (χ1) is 8.63. The summed E-state index contributed by atoms with van der Waals surface area (Å²) in [6.45, 7) is 0. The second-order valence-corrected chi connectivity index (χ2v) is 3.59. The summed E-state index contributed by atoms with van der Waals surface area (Å²) in [6.07, 6.45) is 1.42. The third-order valence-electron chi connectivity index (χ3n) is 2.51. The van der Waals surface area contributed by atoms with E-state index in [2.05, 4.69) is 9.72 Å². The van der Waals surface area contributed by atoms with E-state index in [1.54, 1.807) is 6.07 Å². The van der Waals surface area contributed by atoms with Crippen LogP contribution >= 0.6 is 0 Å². The number of carbonyl (C=O) groups is 1. The smallest absolute Gasteiger partial charge is 0.344 e. The number of benzene rings is 1. The van der Waals surface area contributed by atoms with Crippen LogP contribution in [0.25, 0.3) is 11.1 Å². The van der Waals surface area contributed by atoms with E-state index < -0.39 is 11.5 Å². The van der Waals surface area contributed by atoms with Crippen LogP contribution in [0, 0.1) is 5.82 Å². The van der Waals surface area contributed by atoms with Crippen LogP contribution in [0.4, 0.5) is 4.39 Å². The molecule has 0 spiro atoms. The van der Waals surface area contributed by atoms with Crippen molar-refractivity contribution < 1.29 is 13.9 Å². The molecule has 1 heterocycles. The average molecular weight is 247 g/mol. The predicted octanol–water partition coefficient (Wildman–Crippen LogP) is 1.97. The number of ether oxygens (including phenoxy) is 1. The van der Waals surface area contributed by atoms with Crippen LogP contribution in [-0.2, 0) is 4.74 Å². The van der Waals surface area contributed by atoms with Gasteiger partial charge in [-0.05, 0) is 23.8 Å². The van der Waals surface area contributed by atoms with Gasteiger partial charge < -0.3 is 9.72 Å². The number of aromatic amines is 1. The van der Waals surface area contributed by atoms with E-state index in [9.17, 15) is 14.0 Å². The molecule has 0 amide bonds. The number of H-pyrrole nitrogens is 1. The maximum atomic E-state index is 12.8. The lowest BCUT2D eigenvalue weighted by atomic mass is 10.0. The van der Waals surface area contributed by atoms with Gasteiger partial charge in [0.15, 0.2) is 0 Å². The number of aromatic nitrogens is 1. The molecule has 0 bridgehead atoms. The number of esters is 1. The Morgan fingerprint density at radius 3 is 2.50 bits per heavy atom. The van der Waals surface area contributed by atoms with Crippen molar-refractivity contribution in [1.82, 2.24) is 4.98 Å². The minimum Gasteiger partial charge on any atom is -0.465 e. The van der Waals surface area contributed by atoms with Gasteiger partial charge in [0.1, 0.15) is 11.4 Å². The largest absolute Gasteiger partial charge is 0.465 e. The van der Waals surface area contributed by atoms with Crippen LogP contribution in [0.1, 0.15) is 10.4 Å². The molecule has 0 aliphatic carbocycles. The summed E-state index contributed by atoms with van der Waals surface area (Å²) < 4.78 is 17.4. The Morgan fingerprint density at radius 2 is 1.89 bits per heavy atom. The summed E-state index contributed by atoms with van der Waals surface area (Å²) >= 11 is 0. The molecule has 0 atom stereocenters. The van der Waals surface area contributed by atoms with Crippen LogP contribution in [0.2, 0.25) is 0 Å². The van der Waals surface area contributed by atoms with Crippen LogP contribution < -0.4 is 5.56 Å². The molecule has 4 nitrogen and oxygen atoms in total. The zero-order valence-electron chi connectivity index (χ0n) is 9.57. The van der Waals surface area contributed by atoms with Gasteiger partial charge in [-0.1, -0.05) is 12.1 Å². The Kier molecular flexibility index (Phi) is 3.23. The first-order valence-electron chi connectivity index (χ1n) is 5.19. The van der Waals surface area contributed by atoms with Crippen LogP contribution in [0.3, 0.4) is 0 Å². The number of rotatable bonds is 2. The van der Waals surface area contributed by atoms with Crippen molar-refractivity contribution in [1.29, 1.82) is 0 Å². The van der Waals surface area contributed by atoms with E-state index in [1.165, 1.54) is 37.6 Å². The quantitative estimate of drug-likeness (QED) is 0.825. The van der Waals surface area contributed by atoms with Gasteiger partial charge in [0.2, 0.25) is 0 Å². The highest BCUT2D eigenvalue weighted by Crippen LogP contribution is 2.21. The van der Waals surface area contributed by atoms with E-state index in [4.69, 9.17) is 0 Å². The van der Waals surface area contributed by atoms with E-state index in [0.717, 1.165) is 0 Å². The fourth-order valence-electron chi connectivity index (χ4n) is 1.65. The predicted molar refractivity (Wildman–Crippen MR) is 63.8 cm³/mol. The fourth-order valence-corrected chi connectivity index (χ4v) is 1.65. The lowest BCUT2D eigenvalue weighted by molar-refractivity contribution is 0.0599. The Bertz CT molecular complexity index is 631. The lowest BCUT2D eigenvalue weighted by Crippen LogP contribution is -2.19. The minimum atomic E-state index is -0.726. The summed E-state index contributed by atoms with van der Waals surface area (Å²) in [5.74, 6) is -1.11. The Hall–Kier alpha value is -2.43. The molecule has 1 aromatic heterocycles.